The maximum atomic E-state index is 13.7. The van der Waals surface area contributed by atoms with Crippen molar-refractivity contribution in [1.82, 2.24) is 14.4 Å². The van der Waals surface area contributed by atoms with Crippen molar-refractivity contribution < 1.29 is 9.59 Å². The molecule has 1 fully saturated rings. The standard InChI is InChI=1S/C32H30ClN3O2/c1-34-18-20(23-11-10-22(33)17-29(23)34)12-15-36-30(37)13-14-35(32(36)38)19-21-16-28-24-6-2-4-8-26(24)31(21)27-9-5-3-7-25(27)28/h2-11,17-18,21,28,31H,12-16,19H2,1H3. The molecule has 1 aromatic heterocycles. The summed E-state index contributed by atoms with van der Waals surface area (Å²) >= 11 is 6.20. The van der Waals surface area contributed by atoms with Gasteiger partial charge < -0.3 is 9.47 Å². The van der Waals surface area contributed by atoms with Gasteiger partial charge in [0.25, 0.3) is 0 Å². The number of benzene rings is 3. The van der Waals surface area contributed by atoms with E-state index in [1.54, 1.807) is 0 Å². The molecule has 192 valence electrons. The summed E-state index contributed by atoms with van der Waals surface area (Å²) in [6.07, 6.45) is 4.12. The fraction of sp³-hybridized carbons (Fsp3) is 0.312. The van der Waals surface area contributed by atoms with Gasteiger partial charge in [-0.05, 0) is 58.7 Å². The molecule has 2 heterocycles. The molecule has 1 saturated heterocycles. The van der Waals surface area contributed by atoms with Gasteiger partial charge in [0.05, 0.1) is 0 Å². The third kappa shape index (κ3) is 3.67. The van der Waals surface area contributed by atoms with Crippen LogP contribution in [0, 0.1) is 5.92 Å². The molecule has 0 spiro atoms. The highest BCUT2D eigenvalue weighted by atomic mass is 35.5. The van der Waals surface area contributed by atoms with Gasteiger partial charge in [-0.3, -0.25) is 9.69 Å². The van der Waals surface area contributed by atoms with Crippen molar-refractivity contribution in [2.24, 2.45) is 13.0 Å². The molecule has 0 radical (unpaired) electrons. The Kier molecular flexibility index (Phi) is 5.59. The third-order valence-electron chi connectivity index (χ3n) is 8.92. The van der Waals surface area contributed by atoms with Gasteiger partial charge in [0.15, 0.2) is 0 Å². The van der Waals surface area contributed by atoms with E-state index in [0.717, 1.165) is 22.9 Å². The zero-order chi connectivity index (χ0) is 26.0. The minimum absolute atomic E-state index is 0.0737. The van der Waals surface area contributed by atoms with Crippen molar-refractivity contribution in [3.8, 4) is 0 Å². The van der Waals surface area contributed by atoms with E-state index < -0.39 is 0 Å². The Morgan fingerprint density at radius 2 is 1.61 bits per heavy atom. The van der Waals surface area contributed by atoms with E-state index in [1.165, 1.54) is 27.2 Å². The Bertz CT molecular complexity index is 1540. The van der Waals surface area contributed by atoms with E-state index in [0.29, 0.717) is 49.3 Å². The van der Waals surface area contributed by atoms with Gasteiger partial charge in [-0.15, -0.1) is 0 Å². The zero-order valence-electron chi connectivity index (χ0n) is 21.4. The van der Waals surface area contributed by atoms with Gasteiger partial charge in [-0.25, -0.2) is 4.79 Å². The predicted molar refractivity (Wildman–Crippen MR) is 150 cm³/mol. The number of hydrogen-bond acceptors (Lipinski definition) is 2. The highest BCUT2D eigenvalue weighted by Gasteiger charge is 2.44. The lowest BCUT2D eigenvalue weighted by Gasteiger charge is -2.47. The molecule has 2 bridgehead atoms. The molecule has 3 aliphatic carbocycles. The Hall–Kier alpha value is -3.57. The van der Waals surface area contributed by atoms with Crippen LogP contribution in [0.4, 0.5) is 4.79 Å². The van der Waals surface area contributed by atoms with E-state index >= 15 is 0 Å². The van der Waals surface area contributed by atoms with Gasteiger partial charge in [0, 0.05) is 67.1 Å². The van der Waals surface area contributed by atoms with E-state index in [2.05, 4.69) is 59.3 Å². The van der Waals surface area contributed by atoms with E-state index in [4.69, 9.17) is 11.6 Å². The molecule has 1 atom stereocenters. The fourth-order valence-electron chi connectivity index (χ4n) is 7.22. The average Bonchev–Trinajstić information content (AvgIpc) is 3.24. The second-order valence-corrected chi connectivity index (χ2v) is 11.4. The molecule has 38 heavy (non-hydrogen) atoms. The number of aromatic nitrogens is 1. The summed E-state index contributed by atoms with van der Waals surface area (Å²) < 4.78 is 2.05. The number of halogens is 1. The molecule has 3 amide bonds. The normalized spacial score (nSPS) is 22.2. The highest BCUT2D eigenvalue weighted by molar-refractivity contribution is 6.31. The zero-order valence-corrected chi connectivity index (χ0v) is 22.2. The lowest BCUT2D eigenvalue weighted by Crippen LogP contribution is -2.54. The molecular formula is C32H30ClN3O2. The summed E-state index contributed by atoms with van der Waals surface area (Å²) in [5.41, 5.74) is 7.85. The number of imide groups is 1. The number of aryl methyl sites for hydroxylation is 1. The molecule has 5 nitrogen and oxygen atoms in total. The van der Waals surface area contributed by atoms with Gasteiger partial charge in [-0.2, -0.15) is 0 Å². The fourth-order valence-corrected chi connectivity index (χ4v) is 7.39. The number of carbonyl (C=O) groups is 2. The smallest absolute Gasteiger partial charge is 0.326 e. The molecule has 1 aliphatic heterocycles. The molecular weight excluding hydrogens is 494 g/mol. The first-order valence-electron chi connectivity index (χ1n) is 13.5. The van der Waals surface area contributed by atoms with Crippen molar-refractivity contribution >= 4 is 34.4 Å². The van der Waals surface area contributed by atoms with Gasteiger partial charge in [-0.1, -0.05) is 66.2 Å². The summed E-state index contributed by atoms with van der Waals surface area (Å²) in [6, 6.07) is 23.3. The van der Waals surface area contributed by atoms with Crippen LogP contribution in [0.3, 0.4) is 0 Å². The van der Waals surface area contributed by atoms with E-state index in [-0.39, 0.29) is 17.9 Å². The summed E-state index contributed by atoms with van der Waals surface area (Å²) in [5, 5.41) is 1.81. The molecule has 3 aromatic carbocycles. The molecule has 4 aliphatic rings. The maximum Gasteiger partial charge on any atom is 0.326 e. The minimum atomic E-state index is -0.146. The Morgan fingerprint density at radius 3 is 2.32 bits per heavy atom. The molecule has 1 unspecified atom stereocenters. The number of fused-ring (bicyclic) bond motifs is 2. The van der Waals surface area contributed by atoms with Gasteiger partial charge >= 0.3 is 6.03 Å². The number of amides is 3. The van der Waals surface area contributed by atoms with Crippen molar-refractivity contribution in [3.05, 3.63) is 106 Å². The summed E-state index contributed by atoms with van der Waals surface area (Å²) in [7, 11) is 2.00. The summed E-state index contributed by atoms with van der Waals surface area (Å²) in [5.74, 6) is 0.922. The van der Waals surface area contributed by atoms with Crippen LogP contribution < -0.4 is 0 Å². The van der Waals surface area contributed by atoms with Crippen LogP contribution in [0.2, 0.25) is 5.02 Å². The van der Waals surface area contributed by atoms with E-state index in [9.17, 15) is 9.59 Å². The Labute approximate surface area is 227 Å². The first kappa shape index (κ1) is 23.5. The number of hydrogen-bond donors (Lipinski definition) is 0. The predicted octanol–water partition coefficient (Wildman–Crippen LogP) is 6.33. The van der Waals surface area contributed by atoms with Crippen LogP contribution in [0.15, 0.2) is 72.9 Å². The molecule has 6 heteroatoms. The third-order valence-corrected chi connectivity index (χ3v) is 9.15. The molecule has 4 aromatic rings. The first-order valence-corrected chi connectivity index (χ1v) is 13.9. The number of nitrogens with zero attached hydrogens (tertiary/aromatic N) is 3. The first-order chi connectivity index (χ1) is 18.5. The number of urea groups is 1. The average molecular weight is 524 g/mol. The van der Waals surface area contributed by atoms with Crippen LogP contribution >= 0.6 is 11.6 Å². The van der Waals surface area contributed by atoms with Crippen LogP contribution in [0.25, 0.3) is 10.9 Å². The summed E-state index contributed by atoms with van der Waals surface area (Å²) in [6.45, 7) is 1.57. The Balaban J connectivity index is 1.11. The maximum absolute atomic E-state index is 13.7. The monoisotopic (exact) mass is 523 g/mol. The van der Waals surface area contributed by atoms with Crippen molar-refractivity contribution in [3.63, 3.8) is 0 Å². The van der Waals surface area contributed by atoms with Crippen molar-refractivity contribution in [1.29, 1.82) is 0 Å². The molecule has 0 N–H and O–H groups in total. The van der Waals surface area contributed by atoms with Crippen molar-refractivity contribution in [2.45, 2.75) is 31.1 Å². The lowest BCUT2D eigenvalue weighted by molar-refractivity contribution is -0.131. The topological polar surface area (TPSA) is 45.6 Å². The number of rotatable bonds is 5. The second kappa shape index (κ2) is 9.02. The molecule has 8 rings (SSSR count). The highest BCUT2D eigenvalue weighted by Crippen LogP contribution is 2.55. The number of carbonyl (C=O) groups excluding carboxylic acids is 2. The van der Waals surface area contributed by atoms with Crippen LogP contribution in [-0.4, -0.2) is 45.9 Å². The van der Waals surface area contributed by atoms with Crippen LogP contribution in [-0.2, 0) is 18.3 Å². The summed E-state index contributed by atoms with van der Waals surface area (Å²) in [4.78, 5) is 29.9. The van der Waals surface area contributed by atoms with E-state index in [1.807, 2.05) is 30.1 Å². The van der Waals surface area contributed by atoms with Gasteiger partial charge in [0.1, 0.15) is 0 Å². The lowest BCUT2D eigenvalue weighted by atomic mass is 9.59. The second-order valence-electron chi connectivity index (χ2n) is 11.0. The van der Waals surface area contributed by atoms with Gasteiger partial charge in [0.2, 0.25) is 5.91 Å². The SMILES string of the molecule is Cn1cc(CCN2C(=O)CCN(CC3CC4c5ccccc5C3c3ccccc34)C2=O)c2ccc(Cl)cc21. The van der Waals surface area contributed by atoms with Crippen molar-refractivity contribution in [2.75, 3.05) is 19.6 Å². The quantitative estimate of drug-likeness (QED) is 0.307. The largest absolute Gasteiger partial charge is 0.350 e. The minimum Gasteiger partial charge on any atom is -0.350 e. The van der Waals surface area contributed by atoms with Crippen LogP contribution in [0.1, 0.15) is 52.5 Å². The van der Waals surface area contributed by atoms with Crippen LogP contribution in [0.5, 0.6) is 0 Å². The Morgan fingerprint density at radius 1 is 0.921 bits per heavy atom. The molecule has 0 saturated carbocycles.